The highest BCUT2D eigenvalue weighted by molar-refractivity contribution is 6.31. The first-order valence-electron chi connectivity index (χ1n) is 6.86. The van der Waals surface area contributed by atoms with Gasteiger partial charge in [0.15, 0.2) is 0 Å². The van der Waals surface area contributed by atoms with Crippen molar-refractivity contribution < 1.29 is 0 Å². The Hall–Kier alpha value is -0.850. The van der Waals surface area contributed by atoms with E-state index >= 15 is 0 Å². The van der Waals surface area contributed by atoms with Crippen molar-refractivity contribution in [3.8, 4) is 0 Å². The third kappa shape index (κ3) is 4.57. The van der Waals surface area contributed by atoms with Crippen molar-refractivity contribution in [1.82, 2.24) is 25.0 Å². The molecular weight excluding hydrogens is 345 g/mol. The monoisotopic (exact) mass is 363 g/mol. The van der Waals surface area contributed by atoms with E-state index in [4.69, 9.17) is 11.6 Å². The summed E-state index contributed by atoms with van der Waals surface area (Å²) in [5.74, 6) is 0. The molecule has 1 fully saturated rings. The topological polar surface area (TPSA) is 46.0 Å². The van der Waals surface area contributed by atoms with Gasteiger partial charge in [0.2, 0.25) is 0 Å². The number of nitrogens with zero attached hydrogens (tertiary/aromatic N) is 4. The van der Waals surface area contributed by atoms with Crippen LogP contribution in [0, 0.1) is 0 Å². The second-order valence-corrected chi connectivity index (χ2v) is 5.34. The zero-order valence-electron chi connectivity index (χ0n) is 12.1. The molecular formula is C14H20Cl3N5. The van der Waals surface area contributed by atoms with Gasteiger partial charge in [-0.1, -0.05) is 29.8 Å². The highest BCUT2D eigenvalue weighted by Crippen LogP contribution is 2.28. The van der Waals surface area contributed by atoms with Crippen LogP contribution in [-0.4, -0.2) is 45.8 Å². The van der Waals surface area contributed by atoms with Gasteiger partial charge in [0.25, 0.3) is 0 Å². The number of hydrogen-bond acceptors (Lipinski definition) is 4. The molecule has 2 aromatic rings. The normalized spacial score (nSPS) is 18.3. The average Bonchev–Trinajstić information content (AvgIpc) is 2.99. The van der Waals surface area contributed by atoms with Crippen LogP contribution in [0.4, 0.5) is 0 Å². The Kier molecular flexibility index (Phi) is 8.14. The van der Waals surface area contributed by atoms with Gasteiger partial charge < -0.3 is 5.32 Å². The lowest BCUT2D eigenvalue weighted by Crippen LogP contribution is -2.47. The first-order chi connectivity index (χ1) is 9.84. The molecule has 22 heavy (non-hydrogen) atoms. The SMILES string of the molecule is Cl.Cl.Clc1ccccc1C1CNCCN1CCn1cncn1. The summed E-state index contributed by atoms with van der Waals surface area (Å²) in [6.07, 6.45) is 3.33. The number of benzene rings is 1. The highest BCUT2D eigenvalue weighted by atomic mass is 35.5. The summed E-state index contributed by atoms with van der Waals surface area (Å²) >= 11 is 6.34. The molecule has 0 spiro atoms. The summed E-state index contributed by atoms with van der Waals surface area (Å²) in [6.45, 7) is 4.76. The molecule has 0 aliphatic carbocycles. The summed E-state index contributed by atoms with van der Waals surface area (Å²) in [6, 6.07) is 8.41. The van der Waals surface area contributed by atoms with Gasteiger partial charge in [-0.05, 0) is 11.6 Å². The largest absolute Gasteiger partial charge is 0.314 e. The Morgan fingerprint density at radius 1 is 1.23 bits per heavy atom. The number of nitrogens with one attached hydrogen (secondary N) is 1. The fourth-order valence-electron chi connectivity index (χ4n) is 2.65. The Balaban J connectivity index is 0.00000121. The van der Waals surface area contributed by atoms with Gasteiger partial charge in [-0.2, -0.15) is 5.10 Å². The van der Waals surface area contributed by atoms with Crippen LogP contribution in [0.25, 0.3) is 0 Å². The van der Waals surface area contributed by atoms with Gasteiger partial charge >= 0.3 is 0 Å². The van der Waals surface area contributed by atoms with Crippen LogP contribution in [0.3, 0.4) is 0 Å². The van der Waals surface area contributed by atoms with Gasteiger partial charge in [-0.25, -0.2) is 4.98 Å². The first-order valence-corrected chi connectivity index (χ1v) is 7.24. The van der Waals surface area contributed by atoms with Crippen molar-refractivity contribution in [2.75, 3.05) is 26.2 Å². The lowest BCUT2D eigenvalue weighted by atomic mass is 10.0. The maximum atomic E-state index is 6.34. The number of rotatable bonds is 4. The van der Waals surface area contributed by atoms with E-state index in [0.29, 0.717) is 6.04 Å². The first kappa shape index (κ1) is 19.2. The summed E-state index contributed by atoms with van der Waals surface area (Å²) < 4.78 is 1.87. The summed E-state index contributed by atoms with van der Waals surface area (Å²) in [7, 11) is 0. The molecule has 122 valence electrons. The van der Waals surface area contributed by atoms with Crippen LogP contribution in [0.1, 0.15) is 11.6 Å². The van der Waals surface area contributed by atoms with Crippen LogP contribution >= 0.6 is 36.4 Å². The smallest absolute Gasteiger partial charge is 0.137 e. The van der Waals surface area contributed by atoms with Gasteiger partial charge in [0.05, 0.1) is 6.54 Å². The Labute approximate surface area is 147 Å². The molecule has 1 N–H and O–H groups in total. The minimum Gasteiger partial charge on any atom is -0.314 e. The van der Waals surface area contributed by atoms with Crippen LogP contribution in [0.5, 0.6) is 0 Å². The molecule has 8 heteroatoms. The van der Waals surface area contributed by atoms with Crippen LogP contribution in [0.15, 0.2) is 36.9 Å². The number of piperazine rings is 1. The Morgan fingerprint density at radius 2 is 2.05 bits per heavy atom. The van der Waals surface area contributed by atoms with E-state index in [-0.39, 0.29) is 24.8 Å². The average molecular weight is 365 g/mol. The molecule has 1 aromatic heterocycles. The Bertz CT molecular complexity index is 549. The number of aromatic nitrogens is 3. The lowest BCUT2D eigenvalue weighted by Gasteiger charge is -2.36. The molecule has 0 bridgehead atoms. The molecule has 1 aromatic carbocycles. The van der Waals surface area contributed by atoms with Crippen LogP contribution in [-0.2, 0) is 6.54 Å². The fourth-order valence-corrected chi connectivity index (χ4v) is 2.91. The second kappa shape index (κ2) is 9.33. The summed E-state index contributed by atoms with van der Waals surface area (Å²) in [5.41, 5.74) is 1.19. The van der Waals surface area contributed by atoms with Crippen LogP contribution < -0.4 is 5.32 Å². The van der Waals surface area contributed by atoms with Crippen molar-refractivity contribution in [1.29, 1.82) is 0 Å². The molecule has 0 radical (unpaired) electrons. The molecule has 1 unspecified atom stereocenters. The Morgan fingerprint density at radius 3 is 2.77 bits per heavy atom. The van der Waals surface area contributed by atoms with E-state index in [9.17, 15) is 0 Å². The maximum Gasteiger partial charge on any atom is 0.137 e. The van der Waals surface area contributed by atoms with E-state index in [1.54, 1.807) is 12.7 Å². The third-order valence-electron chi connectivity index (χ3n) is 3.70. The van der Waals surface area contributed by atoms with Crippen molar-refractivity contribution in [2.45, 2.75) is 12.6 Å². The predicted octanol–water partition coefficient (Wildman–Crippen LogP) is 2.42. The molecule has 5 nitrogen and oxygen atoms in total. The lowest BCUT2D eigenvalue weighted by molar-refractivity contribution is 0.154. The van der Waals surface area contributed by atoms with E-state index in [2.05, 4.69) is 26.4 Å². The molecule has 2 heterocycles. The second-order valence-electron chi connectivity index (χ2n) is 4.94. The molecule has 0 saturated carbocycles. The molecule has 1 atom stereocenters. The molecule has 0 amide bonds. The van der Waals surface area contributed by atoms with E-state index in [0.717, 1.165) is 37.7 Å². The number of hydrogen-bond donors (Lipinski definition) is 1. The minimum atomic E-state index is 0. The maximum absolute atomic E-state index is 6.34. The standard InChI is InChI=1S/C14H18ClN5.2ClH/c15-13-4-2-1-3-12(13)14-9-16-5-6-19(14)7-8-20-11-17-10-18-20;;/h1-4,10-11,14,16H,5-9H2;2*1H. The minimum absolute atomic E-state index is 0. The zero-order chi connectivity index (χ0) is 13.8. The van der Waals surface area contributed by atoms with Gasteiger partial charge in [-0.3, -0.25) is 9.58 Å². The quantitative estimate of drug-likeness (QED) is 0.905. The van der Waals surface area contributed by atoms with Gasteiger partial charge in [-0.15, -0.1) is 24.8 Å². The van der Waals surface area contributed by atoms with E-state index < -0.39 is 0 Å². The number of halogens is 3. The molecule has 1 aliphatic heterocycles. The van der Waals surface area contributed by atoms with E-state index in [1.807, 2.05) is 22.9 Å². The van der Waals surface area contributed by atoms with Crippen molar-refractivity contribution in [2.24, 2.45) is 0 Å². The molecule has 1 aliphatic rings. The predicted molar refractivity (Wildman–Crippen MR) is 93.2 cm³/mol. The molecule has 1 saturated heterocycles. The van der Waals surface area contributed by atoms with Gasteiger partial charge in [0.1, 0.15) is 12.7 Å². The van der Waals surface area contributed by atoms with Crippen molar-refractivity contribution in [3.05, 3.63) is 47.5 Å². The third-order valence-corrected chi connectivity index (χ3v) is 4.05. The summed E-state index contributed by atoms with van der Waals surface area (Å²) in [5, 5.41) is 8.44. The highest BCUT2D eigenvalue weighted by Gasteiger charge is 2.24. The molecule has 3 rings (SSSR count). The van der Waals surface area contributed by atoms with Crippen LogP contribution in [0.2, 0.25) is 5.02 Å². The van der Waals surface area contributed by atoms with E-state index in [1.165, 1.54) is 5.56 Å². The van der Waals surface area contributed by atoms with Crippen molar-refractivity contribution >= 4 is 36.4 Å². The van der Waals surface area contributed by atoms with Gasteiger partial charge in [0, 0.05) is 37.2 Å². The zero-order valence-corrected chi connectivity index (χ0v) is 14.4. The summed E-state index contributed by atoms with van der Waals surface area (Å²) in [4.78, 5) is 6.43. The van der Waals surface area contributed by atoms with Crippen molar-refractivity contribution in [3.63, 3.8) is 0 Å². The fraction of sp³-hybridized carbons (Fsp3) is 0.429.